The molecule has 0 saturated carbocycles. The van der Waals surface area contributed by atoms with Gasteiger partial charge in [0.15, 0.2) is 11.6 Å². The monoisotopic (exact) mass is 415 g/mol. The van der Waals surface area contributed by atoms with Crippen LogP contribution in [0.25, 0.3) is 0 Å². The van der Waals surface area contributed by atoms with Gasteiger partial charge < -0.3 is 4.74 Å². The number of halogens is 2. The van der Waals surface area contributed by atoms with Gasteiger partial charge in [-0.3, -0.25) is 0 Å². The van der Waals surface area contributed by atoms with Crippen molar-refractivity contribution in [3.05, 3.63) is 57.8 Å². The Labute approximate surface area is 150 Å². The molecule has 0 unspecified atom stereocenters. The minimum Gasteiger partial charge on any atom is -0.494 e. The number of methoxy groups -OCH3 is 1. The van der Waals surface area contributed by atoms with Crippen molar-refractivity contribution in [3.63, 3.8) is 0 Å². The quantitative estimate of drug-likeness (QED) is 0.712. The summed E-state index contributed by atoms with van der Waals surface area (Å²) in [6, 6.07) is 9.52. The molecule has 0 atom stereocenters. The molecule has 4 nitrogen and oxygen atoms in total. The van der Waals surface area contributed by atoms with Crippen LogP contribution in [0.15, 0.2) is 45.8 Å². The van der Waals surface area contributed by atoms with Gasteiger partial charge in [0, 0.05) is 17.6 Å². The third kappa shape index (κ3) is 3.96. The summed E-state index contributed by atoms with van der Waals surface area (Å²) in [5.74, 6) is -0.383. The first-order chi connectivity index (χ1) is 11.3. The lowest BCUT2D eigenvalue weighted by Crippen LogP contribution is -2.30. The first kappa shape index (κ1) is 18.9. The normalized spacial score (nSPS) is 11.8. The zero-order valence-corrected chi connectivity index (χ0v) is 16.1. The Morgan fingerprint density at radius 2 is 1.92 bits per heavy atom. The third-order valence-corrected chi connectivity index (χ3v) is 6.53. The maximum absolute atomic E-state index is 13.8. The van der Waals surface area contributed by atoms with Crippen LogP contribution in [0.5, 0.6) is 5.75 Å². The van der Waals surface area contributed by atoms with Crippen molar-refractivity contribution in [2.45, 2.75) is 25.3 Å². The van der Waals surface area contributed by atoms with Gasteiger partial charge in [0.1, 0.15) is 0 Å². The maximum atomic E-state index is 13.8. The van der Waals surface area contributed by atoms with E-state index in [4.69, 9.17) is 4.74 Å². The Balaban J connectivity index is 2.34. The molecule has 0 aromatic heterocycles. The second kappa shape index (κ2) is 7.63. The molecule has 0 aliphatic carbocycles. The van der Waals surface area contributed by atoms with Crippen molar-refractivity contribution in [2.24, 2.45) is 0 Å². The molecule has 2 rings (SSSR count). The molecule has 2 aromatic carbocycles. The minimum atomic E-state index is -3.69. The Hall–Kier alpha value is -1.44. The fraction of sp³-hybridized carbons (Fsp3) is 0.294. The highest BCUT2D eigenvalue weighted by atomic mass is 79.9. The second-order valence-corrected chi connectivity index (χ2v) is 8.09. The van der Waals surface area contributed by atoms with Crippen LogP contribution >= 0.6 is 15.9 Å². The van der Waals surface area contributed by atoms with Gasteiger partial charge in [0.05, 0.1) is 12.0 Å². The van der Waals surface area contributed by atoms with Gasteiger partial charge in [-0.15, -0.1) is 0 Å². The van der Waals surface area contributed by atoms with Crippen LogP contribution in [-0.4, -0.2) is 26.4 Å². The second-order valence-electron chi connectivity index (χ2n) is 5.33. The molecular formula is C17H19BrFNO3S. The van der Waals surface area contributed by atoms with E-state index in [9.17, 15) is 12.8 Å². The number of nitrogens with zero attached hydrogens (tertiary/aromatic N) is 1. The minimum absolute atomic E-state index is 0.0834. The van der Waals surface area contributed by atoms with Gasteiger partial charge >= 0.3 is 0 Å². The highest BCUT2D eigenvalue weighted by molar-refractivity contribution is 9.10. The number of ether oxygens (including phenoxy) is 1. The highest BCUT2D eigenvalue weighted by Gasteiger charge is 2.25. The Kier molecular flexibility index (Phi) is 6.01. The molecule has 130 valence electrons. The summed E-state index contributed by atoms with van der Waals surface area (Å²) in [5.41, 5.74) is 1.52. The van der Waals surface area contributed by atoms with Crippen LogP contribution in [0, 0.1) is 12.7 Å². The smallest absolute Gasteiger partial charge is 0.244 e. The van der Waals surface area contributed by atoms with Crippen LogP contribution in [-0.2, 0) is 16.6 Å². The highest BCUT2D eigenvalue weighted by Crippen LogP contribution is 2.27. The predicted octanol–water partition coefficient (Wildman–Crippen LogP) is 4.12. The lowest BCUT2D eigenvalue weighted by Gasteiger charge is -2.21. The molecule has 0 bridgehead atoms. The number of benzene rings is 2. The topological polar surface area (TPSA) is 46.6 Å². The predicted molar refractivity (Wildman–Crippen MR) is 95.1 cm³/mol. The van der Waals surface area contributed by atoms with Crippen LogP contribution < -0.4 is 4.74 Å². The summed E-state index contributed by atoms with van der Waals surface area (Å²) in [6.07, 6.45) is 0. The molecule has 2 aromatic rings. The van der Waals surface area contributed by atoms with Crippen molar-refractivity contribution in [2.75, 3.05) is 13.7 Å². The number of hydrogen-bond acceptors (Lipinski definition) is 3. The van der Waals surface area contributed by atoms with Gasteiger partial charge in [-0.1, -0.05) is 19.1 Å². The van der Waals surface area contributed by atoms with Gasteiger partial charge in [-0.25, -0.2) is 12.8 Å². The number of sulfonamides is 1. The van der Waals surface area contributed by atoms with E-state index in [0.717, 1.165) is 5.56 Å². The lowest BCUT2D eigenvalue weighted by atomic mass is 10.2. The molecule has 0 aliphatic heterocycles. The fourth-order valence-corrected chi connectivity index (χ4v) is 4.92. The zero-order valence-electron chi connectivity index (χ0n) is 13.7. The number of hydrogen-bond donors (Lipinski definition) is 0. The number of rotatable bonds is 6. The molecule has 0 fully saturated rings. The fourth-order valence-electron chi connectivity index (χ4n) is 2.33. The van der Waals surface area contributed by atoms with Gasteiger partial charge in [0.2, 0.25) is 10.0 Å². The first-order valence-electron chi connectivity index (χ1n) is 7.38. The van der Waals surface area contributed by atoms with Crippen LogP contribution in [0.1, 0.15) is 18.1 Å². The summed E-state index contributed by atoms with van der Waals surface area (Å²) < 4.78 is 46.3. The summed E-state index contributed by atoms with van der Waals surface area (Å²) >= 11 is 3.31. The summed E-state index contributed by atoms with van der Waals surface area (Å²) in [4.78, 5) is 0.198. The Bertz CT molecular complexity index is 840. The van der Waals surface area contributed by atoms with E-state index in [1.165, 1.54) is 23.5 Å². The van der Waals surface area contributed by atoms with Gasteiger partial charge in [0.25, 0.3) is 0 Å². The molecule has 0 spiro atoms. The third-order valence-electron chi connectivity index (χ3n) is 3.63. The molecule has 0 saturated heterocycles. The Morgan fingerprint density at radius 3 is 2.46 bits per heavy atom. The van der Waals surface area contributed by atoms with Crippen molar-refractivity contribution in [1.29, 1.82) is 0 Å². The van der Waals surface area contributed by atoms with Gasteiger partial charge in [-0.2, -0.15) is 4.31 Å². The van der Waals surface area contributed by atoms with Gasteiger partial charge in [-0.05, 0) is 58.2 Å². The van der Waals surface area contributed by atoms with Crippen molar-refractivity contribution in [1.82, 2.24) is 4.31 Å². The Morgan fingerprint density at radius 1 is 1.21 bits per heavy atom. The summed E-state index contributed by atoms with van der Waals surface area (Å²) in [7, 11) is -2.31. The van der Waals surface area contributed by atoms with E-state index in [0.29, 0.717) is 10.0 Å². The SMILES string of the molecule is CCN(Cc1ccc(OC)c(F)c1)S(=O)(=O)c1ccc(C)cc1Br. The van der Waals surface area contributed by atoms with E-state index in [-0.39, 0.29) is 23.7 Å². The molecule has 0 amide bonds. The summed E-state index contributed by atoms with van der Waals surface area (Å²) in [5, 5.41) is 0. The average Bonchev–Trinajstić information content (AvgIpc) is 2.52. The van der Waals surface area contributed by atoms with Crippen LogP contribution in [0.3, 0.4) is 0 Å². The average molecular weight is 416 g/mol. The van der Waals surface area contributed by atoms with Crippen molar-refractivity contribution < 1.29 is 17.5 Å². The molecular weight excluding hydrogens is 397 g/mol. The molecule has 7 heteroatoms. The van der Waals surface area contributed by atoms with E-state index >= 15 is 0 Å². The van der Waals surface area contributed by atoms with E-state index in [1.54, 1.807) is 31.2 Å². The van der Waals surface area contributed by atoms with Crippen LogP contribution in [0.4, 0.5) is 4.39 Å². The zero-order chi connectivity index (χ0) is 17.9. The maximum Gasteiger partial charge on any atom is 0.244 e. The first-order valence-corrected chi connectivity index (χ1v) is 9.61. The molecule has 0 aliphatic rings. The van der Waals surface area contributed by atoms with Crippen molar-refractivity contribution >= 4 is 26.0 Å². The number of aryl methyl sites for hydroxylation is 1. The largest absolute Gasteiger partial charge is 0.494 e. The van der Waals surface area contributed by atoms with E-state index in [2.05, 4.69) is 15.9 Å². The van der Waals surface area contributed by atoms with E-state index < -0.39 is 15.8 Å². The lowest BCUT2D eigenvalue weighted by molar-refractivity contribution is 0.384. The van der Waals surface area contributed by atoms with Crippen LogP contribution in [0.2, 0.25) is 0 Å². The molecule has 0 heterocycles. The molecule has 0 radical (unpaired) electrons. The van der Waals surface area contributed by atoms with Crippen molar-refractivity contribution in [3.8, 4) is 5.75 Å². The molecule has 24 heavy (non-hydrogen) atoms. The standard InChI is InChI=1S/C17H19BrFNO3S/c1-4-20(11-13-6-7-16(23-3)15(19)10-13)24(21,22)17-8-5-12(2)9-14(17)18/h5-10H,4,11H2,1-3H3. The molecule has 0 N–H and O–H groups in total. The van der Waals surface area contributed by atoms with E-state index in [1.807, 2.05) is 6.92 Å². The summed E-state index contributed by atoms with van der Waals surface area (Å²) in [6.45, 7) is 3.99.